The molecule has 0 fully saturated rings. The topological polar surface area (TPSA) is 27.7 Å². The average molecular weight is 236 g/mol. The zero-order chi connectivity index (χ0) is 12.8. The van der Waals surface area contributed by atoms with Gasteiger partial charge in [-0.15, -0.1) is 0 Å². The Bertz CT molecular complexity index is 408. The smallest absolute Gasteiger partial charge is 0.161 e. The van der Waals surface area contributed by atoms with Crippen molar-refractivity contribution in [1.82, 2.24) is 0 Å². The molecule has 0 radical (unpaired) electrons. The van der Waals surface area contributed by atoms with Gasteiger partial charge in [0.2, 0.25) is 0 Å². The minimum Gasteiger partial charge on any atom is -0.493 e. The van der Waals surface area contributed by atoms with Crippen LogP contribution in [0.3, 0.4) is 0 Å². The summed E-state index contributed by atoms with van der Waals surface area (Å²) >= 11 is 0. The van der Waals surface area contributed by atoms with E-state index in [0.717, 1.165) is 22.6 Å². The summed E-state index contributed by atoms with van der Waals surface area (Å²) in [6.45, 7) is 4.72. The molecule has 94 valence electrons. The van der Waals surface area contributed by atoms with Crippen LogP contribution < -0.4 is 9.47 Å². The summed E-state index contributed by atoms with van der Waals surface area (Å²) in [6, 6.07) is 3.96. The molecule has 0 aliphatic rings. The molecule has 0 N–H and O–H groups in total. The van der Waals surface area contributed by atoms with Gasteiger partial charge in [0.05, 0.1) is 20.8 Å². The highest BCUT2D eigenvalue weighted by Crippen LogP contribution is 2.31. The van der Waals surface area contributed by atoms with Gasteiger partial charge >= 0.3 is 0 Å². The van der Waals surface area contributed by atoms with E-state index in [9.17, 15) is 0 Å². The molecule has 0 unspecified atom stereocenters. The van der Waals surface area contributed by atoms with Gasteiger partial charge in [-0.25, -0.2) is 0 Å². The SMILES string of the molecule is COCC(C)=Cc1cc(OC)c(OC)cc1C. The maximum atomic E-state index is 5.29. The summed E-state index contributed by atoms with van der Waals surface area (Å²) in [6.07, 6.45) is 2.10. The van der Waals surface area contributed by atoms with E-state index in [-0.39, 0.29) is 0 Å². The third-order valence-corrected chi connectivity index (χ3v) is 2.55. The number of aryl methyl sites for hydroxylation is 1. The molecular weight excluding hydrogens is 216 g/mol. The number of ether oxygens (including phenoxy) is 3. The Labute approximate surface area is 103 Å². The number of methoxy groups -OCH3 is 3. The Balaban J connectivity index is 3.12. The Morgan fingerprint density at radius 1 is 1.12 bits per heavy atom. The highest BCUT2D eigenvalue weighted by atomic mass is 16.5. The van der Waals surface area contributed by atoms with E-state index < -0.39 is 0 Å². The molecule has 3 heteroatoms. The number of hydrogen-bond acceptors (Lipinski definition) is 3. The van der Waals surface area contributed by atoms with Gasteiger partial charge in [0.25, 0.3) is 0 Å². The molecule has 0 spiro atoms. The van der Waals surface area contributed by atoms with Gasteiger partial charge in [0.15, 0.2) is 11.5 Å². The monoisotopic (exact) mass is 236 g/mol. The molecule has 1 aromatic rings. The van der Waals surface area contributed by atoms with Crippen molar-refractivity contribution in [3.05, 3.63) is 28.8 Å². The second kappa shape index (κ2) is 6.30. The Morgan fingerprint density at radius 2 is 1.71 bits per heavy atom. The van der Waals surface area contributed by atoms with Crippen molar-refractivity contribution < 1.29 is 14.2 Å². The van der Waals surface area contributed by atoms with Crippen molar-refractivity contribution in [2.24, 2.45) is 0 Å². The summed E-state index contributed by atoms with van der Waals surface area (Å²) in [5, 5.41) is 0. The van der Waals surface area contributed by atoms with Gasteiger partial charge in [-0.1, -0.05) is 6.08 Å². The molecule has 0 aliphatic carbocycles. The fourth-order valence-corrected chi connectivity index (χ4v) is 1.69. The molecule has 0 aliphatic heterocycles. The first-order valence-electron chi connectivity index (χ1n) is 5.51. The zero-order valence-electron chi connectivity index (χ0n) is 11.2. The first-order chi connectivity index (χ1) is 8.12. The minimum absolute atomic E-state index is 0.633. The third-order valence-electron chi connectivity index (χ3n) is 2.55. The average Bonchev–Trinajstić information content (AvgIpc) is 2.31. The van der Waals surface area contributed by atoms with E-state index in [1.54, 1.807) is 21.3 Å². The van der Waals surface area contributed by atoms with E-state index in [4.69, 9.17) is 14.2 Å². The van der Waals surface area contributed by atoms with Gasteiger partial charge in [0.1, 0.15) is 0 Å². The van der Waals surface area contributed by atoms with Crippen LogP contribution in [0.2, 0.25) is 0 Å². The predicted molar refractivity (Wildman–Crippen MR) is 69.8 cm³/mol. The lowest BCUT2D eigenvalue weighted by atomic mass is 10.1. The van der Waals surface area contributed by atoms with Gasteiger partial charge < -0.3 is 14.2 Å². The van der Waals surface area contributed by atoms with Gasteiger partial charge in [0, 0.05) is 7.11 Å². The van der Waals surface area contributed by atoms with Crippen LogP contribution in [-0.2, 0) is 4.74 Å². The maximum Gasteiger partial charge on any atom is 0.161 e. The largest absolute Gasteiger partial charge is 0.493 e. The van der Waals surface area contributed by atoms with Gasteiger partial charge in [-0.05, 0) is 42.7 Å². The highest BCUT2D eigenvalue weighted by Gasteiger charge is 2.07. The molecule has 1 aromatic carbocycles. The molecule has 1 rings (SSSR count). The van der Waals surface area contributed by atoms with Crippen molar-refractivity contribution in [3.63, 3.8) is 0 Å². The van der Waals surface area contributed by atoms with Crippen LogP contribution >= 0.6 is 0 Å². The molecule has 0 amide bonds. The molecule has 0 saturated heterocycles. The number of rotatable bonds is 5. The Hall–Kier alpha value is -1.48. The first kappa shape index (κ1) is 13.6. The lowest BCUT2D eigenvalue weighted by Crippen LogP contribution is -1.94. The lowest BCUT2D eigenvalue weighted by molar-refractivity contribution is 0.226. The van der Waals surface area contributed by atoms with Crippen molar-refractivity contribution in [3.8, 4) is 11.5 Å². The second-order valence-corrected chi connectivity index (χ2v) is 3.99. The first-order valence-corrected chi connectivity index (χ1v) is 5.51. The summed E-state index contributed by atoms with van der Waals surface area (Å²) in [7, 11) is 4.98. The van der Waals surface area contributed by atoms with Crippen molar-refractivity contribution in [2.75, 3.05) is 27.9 Å². The van der Waals surface area contributed by atoms with Crippen molar-refractivity contribution in [1.29, 1.82) is 0 Å². The fraction of sp³-hybridized carbons (Fsp3) is 0.429. The summed E-state index contributed by atoms with van der Waals surface area (Å²) in [5.74, 6) is 1.50. The van der Waals surface area contributed by atoms with E-state index in [2.05, 4.69) is 6.08 Å². The zero-order valence-corrected chi connectivity index (χ0v) is 11.2. The van der Waals surface area contributed by atoms with Crippen LogP contribution in [-0.4, -0.2) is 27.9 Å². The van der Waals surface area contributed by atoms with Crippen LogP contribution in [0, 0.1) is 6.92 Å². The van der Waals surface area contributed by atoms with Crippen molar-refractivity contribution in [2.45, 2.75) is 13.8 Å². The summed E-state index contributed by atoms with van der Waals surface area (Å²) < 4.78 is 15.6. The number of benzene rings is 1. The fourth-order valence-electron chi connectivity index (χ4n) is 1.69. The van der Waals surface area contributed by atoms with Crippen LogP contribution in [0.15, 0.2) is 17.7 Å². The minimum atomic E-state index is 0.633. The van der Waals surface area contributed by atoms with Gasteiger partial charge in [-0.3, -0.25) is 0 Å². The van der Waals surface area contributed by atoms with E-state index >= 15 is 0 Å². The lowest BCUT2D eigenvalue weighted by Gasteiger charge is -2.11. The molecule has 0 saturated carbocycles. The molecule has 0 heterocycles. The Kier molecular flexibility index (Phi) is 5.04. The number of hydrogen-bond donors (Lipinski definition) is 0. The summed E-state index contributed by atoms with van der Waals surface area (Å²) in [5.41, 5.74) is 3.44. The third kappa shape index (κ3) is 3.49. The maximum absolute atomic E-state index is 5.29. The molecule has 0 bridgehead atoms. The van der Waals surface area contributed by atoms with E-state index in [1.165, 1.54) is 5.57 Å². The van der Waals surface area contributed by atoms with Crippen LogP contribution in [0.1, 0.15) is 18.1 Å². The highest BCUT2D eigenvalue weighted by molar-refractivity contribution is 5.61. The molecular formula is C14H20O3. The predicted octanol–water partition coefficient (Wildman–Crippen LogP) is 3.06. The molecule has 0 aromatic heterocycles. The summed E-state index contributed by atoms with van der Waals surface area (Å²) in [4.78, 5) is 0. The molecule has 3 nitrogen and oxygen atoms in total. The van der Waals surface area contributed by atoms with Crippen molar-refractivity contribution >= 4 is 6.08 Å². The second-order valence-electron chi connectivity index (χ2n) is 3.99. The molecule has 17 heavy (non-hydrogen) atoms. The van der Waals surface area contributed by atoms with Crippen LogP contribution in [0.25, 0.3) is 6.08 Å². The van der Waals surface area contributed by atoms with Gasteiger partial charge in [-0.2, -0.15) is 0 Å². The Morgan fingerprint density at radius 3 is 2.24 bits per heavy atom. The van der Waals surface area contributed by atoms with Crippen LogP contribution in [0.4, 0.5) is 0 Å². The molecule has 0 atom stereocenters. The van der Waals surface area contributed by atoms with E-state index in [1.807, 2.05) is 26.0 Å². The standard InChI is InChI=1S/C14H20O3/c1-10(9-15-3)6-12-8-14(17-5)13(16-4)7-11(12)2/h6-8H,9H2,1-5H3. The van der Waals surface area contributed by atoms with E-state index in [0.29, 0.717) is 6.61 Å². The van der Waals surface area contributed by atoms with Crippen LogP contribution in [0.5, 0.6) is 11.5 Å². The quantitative estimate of drug-likeness (QED) is 0.786. The normalized spacial score (nSPS) is 11.5.